The maximum atomic E-state index is 15.5. The number of piperazine rings is 3. The molecule has 12 aromatic rings. The highest BCUT2D eigenvalue weighted by molar-refractivity contribution is 6.45. The predicted molar refractivity (Wildman–Crippen MR) is 518 cm³/mol. The van der Waals surface area contributed by atoms with Crippen LogP contribution in [0.2, 0.25) is 40.2 Å². The van der Waals surface area contributed by atoms with E-state index in [2.05, 4.69) is 61.8 Å². The van der Waals surface area contributed by atoms with E-state index in [1.807, 2.05) is 61.5 Å². The van der Waals surface area contributed by atoms with Crippen molar-refractivity contribution in [3.63, 3.8) is 0 Å². The lowest BCUT2D eigenvalue weighted by atomic mass is 10.0. The zero-order chi connectivity index (χ0) is 101. The summed E-state index contributed by atoms with van der Waals surface area (Å²) >= 11 is 50.2. The lowest BCUT2D eigenvalue weighted by Crippen LogP contribution is -2.54. The number of nitriles is 3. The van der Waals surface area contributed by atoms with Crippen LogP contribution in [0.15, 0.2) is 107 Å². The molecule has 9 aromatic heterocycles. The molecule has 0 saturated carbocycles. The monoisotopic (exact) mass is 2040 g/mol. The van der Waals surface area contributed by atoms with Crippen molar-refractivity contribution in [1.82, 2.24) is 58.3 Å². The smallest absolute Gasteiger partial charge is 0.276 e. The van der Waals surface area contributed by atoms with Crippen molar-refractivity contribution in [2.45, 2.75) is 119 Å². The number of aryl methyl sites for hydroxylation is 3. The first-order chi connectivity index (χ1) is 65.2. The Morgan fingerprint density at radius 3 is 0.920 bits per heavy atom. The van der Waals surface area contributed by atoms with Crippen LogP contribution < -0.4 is 31.4 Å². The number of benzene rings is 3. The number of rotatable bonds is 15. The van der Waals surface area contributed by atoms with E-state index in [1.54, 1.807) is 93.9 Å². The van der Waals surface area contributed by atoms with Crippen LogP contribution in [0.5, 0.6) is 17.2 Å². The Morgan fingerprint density at radius 2 is 0.667 bits per heavy atom. The van der Waals surface area contributed by atoms with E-state index < -0.39 is 122 Å². The van der Waals surface area contributed by atoms with Crippen molar-refractivity contribution in [2.75, 3.05) is 73.6 Å². The Kier molecular flexibility index (Phi) is 30.1. The van der Waals surface area contributed by atoms with E-state index in [1.165, 1.54) is 45.6 Å². The van der Waals surface area contributed by atoms with Crippen molar-refractivity contribution >= 4 is 161 Å². The van der Waals surface area contributed by atoms with Crippen LogP contribution in [0.3, 0.4) is 0 Å². The van der Waals surface area contributed by atoms with Crippen molar-refractivity contribution < 1.29 is 60.4 Å². The van der Waals surface area contributed by atoms with E-state index in [9.17, 15) is 73.0 Å². The van der Waals surface area contributed by atoms with Gasteiger partial charge in [0.05, 0.1) is 120 Å². The van der Waals surface area contributed by atoms with Crippen LogP contribution in [0, 0.1) is 95.5 Å². The molecule has 0 bridgehead atoms. The molecule has 3 aliphatic heterocycles. The quantitative estimate of drug-likeness (QED) is 0.0371. The van der Waals surface area contributed by atoms with Gasteiger partial charge in [-0.2, -0.15) is 15.8 Å². The summed E-state index contributed by atoms with van der Waals surface area (Å²) in [7, 11) is 0. The molecule has 3 amide bonds. The number of hydrogen-bond donors (Lipinski definition) is 3. The molecule has 3 atom stereocenters. The van der Waals surface area contributed by atoms with Crippen LogP contribution >= 0.6 is 92.8 Å². The fraction of sp³-hybridized carbons (Fsp3) is 0.281. The molecule has 138 heavy (non-hydrogen) atoms. The van der Waals surface area contributed by atoms with Gasteiger partial charge < -0.3 is 44.7 Å². The summed E-state index contributed by atoms with van der Waals surface area (Å²) in [4.78, 5) is 118. The molecule has 0 unspecified atom stereocenters. The van der Waals surface area contributed by atoms with Crippen LogP contribution in [0.1, 0.15) is 131 Å². The van der Waals surface area contributed by atoms with Crippen molar-refractivity contribution in [1.29, 1.82) is 15.8 Å². The SMILES string of the molecule is C=CC(=O)N1CCN(c2c(C#N)c(=O)n(-c3c(C)ccnc3C(C)C)c3nc(-c4c(F)c(O)c(Cl)c(F)c4F)c(Cl)cc23)C[C@H]1C.C=CC(=O)N1CCN(c2c(C#N)c(=O)n(-c3c(C)ccnc3C(C)C)c3nc(-c4c(F)c(O)c(F)c(Cl)c4Cl)c(Cl)cc23)C[C@H]1C.C=CC(=O)N1CCN(c2c(C#N)c(=O)n(-c3c(C)ccnc3C(C)C)c3nc(-c4c(F)c(O)c(F)c(Cl)c4Cl)c(Cl)cc23)C[C@H]1C. The number of pyridine rings is 9. The van der Waals surface area contributed by atoms with Gasteiger partial charge in [-0.05, 0) is 131 Å². The number of aromatic hydroxyl groups is 3. The number of amides is 3. The van der Waals surface area contributed by atoms with Crippen LogP contribution in [-0.4, -0.2) is 168 Å². The molecule has 3 N–H and O–H groups in total. The number of aromatic nitrogens is 9. The van der Waals surface area contributed by atoms with Crippen molar-refractivity contribution in [3.05, 3.63) is 255 Å². The predicted octanol–water partition coefficient (Wildman–Crippen LogP) is 20.2. The zero-order valence-corrected chi connectivity index (χ0v) is 81.4. The summed E-state index contributed by atoms with van der Waals surface area (Å²) in [5.41, 5.74) is -1.79. The minimum atomic E-state index is -1.76. The summed E-state index contributed by atoms with van der Waals surface area (Å²) in [5, 5.41) is 57.8. The molecular formula is C96H81Cl8F7N18O9. The average molecular weight is 2050 g/mol. The van der Waals surface area contributed by atoms with Gasteiger partial charge in [-0.25, -0.2) is 45.7 Å². The highest BCUT2D eigenvalue weighted by Gasteiger charge is 2.40. The van der Waals surface area contributed by atoms with E-state index in [0.717, 1.165) is 4.57 Å². The number of fused-ring (bicyclic) bond motifs is 3. The Bertz CT molecular complexity index is 6790. The molecule has 27 nitrogen and oxygen atoms in total. The van der Waals surface area contributed by atoms with E-state index in [-0.39, 0.29) is 211 Å². The topological polar surface area (TPSA) is 346 Å². The fourth-order valence-corrected chi connectivity index (χ4v) is 19.2. The second-order valence-corrected chi connectivity index (χ2v) is 36.7. The second-order valence-electron chi connectivity index (χ2n) is 33.6. The average Bonchev–Trinajstić information content (AvgIpc) is 0.726. The number of nitrogens with zero attached hydrogens (tertiary/aromatic N) is 18. The number of phenolic OH excluding ortho intramolecular Hbond substituents is 3. The molecular weight excluding hydrogens is 1970 g/mol. The summed E-state index contributed by atoms with van der Waals surface area (Å²) in [5.74, 6) is -16.4. The van der Waals surface area contributed by atoms with Gasteiger partial charge >= 0.3 is 0 Å². The van der Waals surface area contributed by atoms with E-state index >= 15 is 17.6 Å². The molecule has 3 fully saturated rings. The van der Waals surface area contributed by atoms with Gasteiger partial charge in [-0.15, -0.1) is 0 Å². The molecule has 0 radical (unpaired) electrons. The Labute approximate surface area is 823 Å². The molecule has 15 rings (SSSR count). The largest absolute Gasteiger partial charge is 0.504 e. The summed E-state index contributed by atoms with van der Waals surface area (Å²) in [6, 6.07) is 14.3. The third-order valence-corrected chi connectivity index (χ3v) is 26.8. The Hall–Kier alpha value is -13.1. The number of carbonyl (C=O) groups is 3. The number of carbonyl (C=O) groups excluding carboxylic acids is 3. The summed E-state index contributed by atoms with van der Waals surface area (Å²) < 4.78 is 109. The van der Waals surface area contributed by atoms with Crippen LogP contribution in [0.25, 0.3) is 83.9 Å². The fourth-order valence-electron chi connectivity index (χ4n) is 17.4. The maximum Gasteiger partial charge on any atom is 0.276 e. The van der Waals surface area contributed by atoms with Gasteiger partial charge in [0.15, 0.2) is 58.0 Å². The zero-order valence-electron chi connectivity index (χ0n) is 75.4. The lowest BCUT2D eigenvalue weighted by molar-refractivity contribution is -0.129. The normalized spacial score (nSPS) is 15.0. The molecule has 0 aliphatic carbocycles. The van der Waals surface area contributed by atoms with Crippen molar-refractivity contribution in [2.24, 2.45) is 0 Å². The lowest BCUT2D eigenvalue weighted by Gasteiger charge is -2.41. The highest BCUT2D eigenvalue weighted by atomic mass is 35.5. The van der Waals surface area contributed by atoms with Gasteiger partial charge in [0, 0.05) is 112 Å². The van der Waals surface area contributed by atoms with Gasteiger partial charge in [0.25, 0.3) is 16.7 Å². The number of hydrogen-bond acceptors (Lipinski definition) is 21. The first kappa shape index (κ1) is 102. The Morgan fingerprint density at radius 1 is 0.399 bits per heavy atom. The van der Waals surface area contributed by atoms with E-state index in [0.29, 0.717) is 45.1 Å². The van der Waals surface area contributed by atoms with Crippen LogP contribution in [0.4, 0.5) is 47.8 Å². The third kappa shape index (κ3) is 17.9. The van der Waals surface area contributed by atoms with Gasteiger partial charge in [-0.3, -0.25) is 57.4 Å². The number of halogens is 15. The first-order valence-electron chi connectivity index (χ1n) is 42.4. The minimum Gasteiger partial charge on any atom is -0.504 e. The third-order valence-electron chi connectivity index (χ3n) is 24.0. The summed E-state index contributed by atoms with van der Waals surface area (Å²) in [6.45, 7) is 34.8. The molecule has 3 saturated heterocycles. The molecule has 12 heterocycles. The molecule has 0 spiro atoms. The molecule has 714 valence electrons. The maximum absolute atomic E-state index is 15.5. The van der Waals surface area contributed by atoms with Gasteiger partial charge in [-0.1, -0.05) is 154 Å². The van der Waals surface area contributed by atoms with E-state index in [4.69, 9.17) is 92.8 Å². The summed E-state index contributed by atoms with van der Waals surface area (Å²) in [6.07, 6.45) is 8.40. The molecule has 42 heteroatoms. The standard InChI is InChI=1S/2C32H27Cl3F2N6O3.C32H27Cl2F3N6O3/c2*1-6-20(44)42-10-9-41(13-16(42)5)29-17-11-19(33)27(21-22(34)23(35)25(37)30(45)24(21)36)40-31(17)43(32(46)18(29)12-38)28-15(4)7-8-39-26(28)14(2)3;1-6-20(44)42-10-9-41(13-16(42)5)29-17-11-19(33)27(21-23(35)25(37)22(34)30(45)24(21)36)40-31(17)43(32(46)18(29)12-38)28-15(4)7-8-39-26(28)14(2)3/h3*6-8,11,14,16,45H,1,9-10,13H2,2-5H3/t3*16-/m111/s1. The van der Waals surface area contributed by atoms with Gasteiger partial charge in [0.1, 0.15) is 56.9 Å². The van der Waals surface area contributed by atoms with Gasteiger partial charge in [0.2, 0.25) is 17.7 Å². The molecule has 3 aromatic carbocycles. The van der Waals surface area contributed by atoms with Crippen LogP contribution in [-0.2, 0) is 14.4 Å². The first-order valence-corrected chi connectivity index (χ1v) is 45.4. The number of phenols is 3. The Balaban J connectivity index is 0.000000175. The number of anilines is 3. The minimum absolute atomic E-state index is 0.0379. The highest BCUT2D eigenvalue weighted by Crippen LogP contribution is 2.51. The molecule has 3 aliphatic rings. The van der Waals surface area contributed by atoms with Crippen molar-refractivity contribution in [3.8, 4) is 86.3 Å². The second kappa shape index (κ2) is 40.5.